The number of hydrogen-bond acceptors (Lipinski definition) is 2. The van der Waals surface area contributed by atoms with Crippen molar-refractivity contribution >= 4 is 11.6 Å². The third-order valence-electron chi connectivity index (χ3n) is 2.55. The normalized spacial score (nSPS) is 29.1. The molecule has 0 aromatic heterocycles. The van der Waals surface area contributed by atoms with Crippen LogP contribution in [0.25, 0.3) is 0 Å². The largest absolute Gasteiger partial charge is 0.385 e. The van der Waals surface area contributed by atoms with Crippen molar-refractivity contribution < 1.29 is 9.47 Å². The lowest BCUT2D eigenvalue weighted by Crippen LogP contribution is -2.27. The van der Waals surface area contributed by atoms with E-state index in [1.165, 1.54) is 12.8 Å². The van der Waals surface area contributed by atoms with E-state index in [0.717, 1.165) is 32.7 Å². The molecule has 0 radical (unpaired) electrons. The van der Waals surface area contributed by atoms with Crippen LogP contribution in [0.1, 0.15) is 25.7 Å². The first-order valence-corrected chi connectivity index (χ1v) is 5.49. The molecule has 78 valence electrons. The van der Waals surface area contributed by atoms with E-state index in [0.29, 0.717) is 11.3 Å². The molecule has 1 heterocycles. The molecule has 0 bridgehead atoms. The summed E-state index contributed by atoms with van der Waals surface area (Å²) in [6.07, 6.45) is 4.52. The Morgan fingerprint density at radius 1 is 1.46 bits per heavy atom. The van der Waals surface area contributed by atoms with Gasteiger partial charge in [0.1, 0.15) is 0 Å². The van der Waals surface area contributed by atoms with E-state index in [9.17, 15) is 0 Å². The molecule has 3 heteroatoms. The first-order valence-electron chi connectivity index (χ1n) is 5.05. The lowest BCUT2D eigenvalue weighted by Gasteiger charge is -2.27. The summed E-state index contributed by atoms with van der Waals surface area (Å²) in [7, 11) is 1.74. The van der Waals surface area contributed by atoms with Crippen LogP contribution in [0, 0.1) is 5.92 Å². The van der Waals surface area contributed by atoms with Gasteiger partial charge in [-0.15, -0.1) is 11.6 Å². The van der Waals surface area contributed by atoms with Gasteiger partial charge in [-0.3, -0.25) is 0 Å². The van der Waals surface area contributed by atoms with Gasteiger partial charge in [0.2, 0.25) is 0 Å². The summed E-state index contributed by atoms with van der Waals surface area (Å²) >= 11 is 6.18. The van der Waals surface area contributed by atoms with E-state index >= 15 is 0 Å². The standard InChI is InChI=1S/C10H19ClO2/c1-12-6-3-2-4-9-8-13-7-5-10(9)11/h9-10H,2-8H2,1H3. The Labute approximate surface area is 85.5 Å². The summed E-state index contributed by atoms with van der Waals surface area (Å²) in [6.45, 7) is 2.55. The molecule has 0 amide bonds. The average Bonchev–Trinajstić information content (AvgIpc) is 2.15. The van der Waals surface area contributed by atoms with Gasteiger partial charge in [0, 0.05) is 25.7 Å². The molecule has 1 fully saturated rings. The molecule has 0 aromatic carbocycles. The van der Waals surface area contributed by atoms with Crippen LogP contribution in [-0.4, -0.2) is 32.3 Å². The number of alkyl halides is 1. The van der Waals surface area contributed by atoms with Crippen LogP contribution in [0.5, 0.6) is 0 Å². The molecular weight excluding hydrogens is 188 g/mol. The van der Waals surface area contributed by atoms with Crippen LogP contribution >= 0.6 is 11.6 Å². The van der Waals surface area contributed by atoms with E-state index in [1.807, 2.05) is 0 Å². The Bertz CT molecular complexity index is 130. The Kier molecular flexibility index (Phi) is 5.76. The maximum atomic E-state index is 6.18. The number of hydrogen-bond donors (Lipinski definition) is 0. The van der Waals surface area contributed by atoms with E-state index in [2.05, 4.69) is 0 Å². The van der Waals surface area contributed by atoms with Gasteiger partial charge in [-0.25, -0.2) is 0 Å². The third-order valence-corrected chi connectivity index (χ3v) is 3.13. The zero-order valence-electron chi connectivity index (χ0n) is 8.30. The molecule has 1 aliphatic heterocycles. The zero-order chi connectivity index (χ0) is 9.52. The first kappa shape index (κ1) is 11.3. The van der Waals surface area contributed by atoms with E-state index in [1.54, 1.807) is 7.11 Å². The average molecular weight is 207 g/mol. The van der Waals surface area contributed by atoms with Crippen LogP contribution in [0.15, 0.2) is 0 Å². The summed E-state index contributed by atoms with van der Waals surface area (Å²) < 4.78 is 10.4. The van der Waals surface area contributed by atoms with E-state index in [4.69, 9.17) is 21.1 Å². The van der Waals surface area contributed by atoms with Gasteiger partial charge in [-0.2, -0.15) is 0 Å². The van der Waals surface area contributed by atoms with Crippen molar-refractivity contribution in [2.45, 2.75) is 31.1 Å². The second-order valence-corrected chi connectivity index (χ2v) is 4.19. The van der Waals surface area contributed by atoms with Gasteiger partial charge >= 0.3 is 0 Å². The fourth-order valence-electron chi connectivity index (χ4n) is 1.69. The van der Waals surface area contributed by atoms with Gasteiger partial charge in [-0.1, -0.05) is 6.42 Å². The number of halogens is 1. The molecule has 13 heavy (non-hydrogen) atoms. The summed E-state index contributed by atoms with van der Waals surface area (Å²) in [5.41, 5.74) is 0. The number of rotatable bonds is 5. The summed E-state index contributed by atoms with van der Waals surface area (Å²) in [6, 6.07) is 0. The monoisotopic (exact) mass is 206 g/mol. The Morgan fingerprint density at radius 2 is 2.31 bits per heavy atom. The predicted octanol–water partition coefficient (Wildman–Crippen LogP) is 2.45. The lowest BCUT2D eigenvalue weighted by atomic mass is 9.95. The minimum absolute atomic E-state index is 0.330. The highest BCUT2D eigenvalue weighted by Crippen LogP contribution is 2.24. The van der Waals surface area contributed by atoms with E-state index in [-0.39, 0.29) is 0 Å². The minimum atomic E-state index is 0.330. The number of methoxy groups -OCH3 is 1. The van der Waals surface area contributed by atoms with Gasteiger partial charge in [-0.05, 0) is 25.2 Å². The topological polar surface area (TPSA) is 18.5 Å². The van der Waals surface area contributed by atoms with Crippen LogP contribution in [0.4, 0.5) is 0 Å². The molecule has 2 atom stereocenters. The second kappa shape index (κ2) is 6.63. The van der Waals surface area contributed by atoms with Gasteiger partial charge < -0.3 is 9.47 Å². The maximum Gasteiger partial charge on any atom is 0.0508 e. The highest BCUT2D eigenvalue weighted by Gasteiger charge is 2.22. The maximum absolute atomic E-state index is 6.18. The van der Waals surface area contributed by atoms with Crippen molar-refractivity contribution in [2.75, 3.05) is 26.9 Å². The molecule has 0 aliphatic carbocycles. The second-order valence-electron chi connectivity index (χ2n) is 3.63. The van der Waals surface area contributed by atoms with Crippen LogP contribution in [0.2, 0.25) is 0 Å². The van der Waals surface area contributed by atoms with Gasteiger partial charge in [0.05, 0.1) is 6.61 Å². The quantitative estimate of drug-likeness (QED) is 0.508. The van der Waals surface area contributed by atoms with Crippen molar-refractivity contribution in [3.05, 3.63) is 0 Å². The van der Waals surface area contributed by atoms with Crippen molar-refractivity contribution in [3.8, 4) is 0 Å². The minimum Gasteiger partial charge on any atom is -0.385 e. The van der Waals surface area contributed by atoms with Gasteiger partial charge in [0.25, 0.3) is 0 Å². The van der Waals surface area contributed by atoms with Crippen molar-refractivity contribution in [3.63, 3.8) is 0 Å². The summed E-state index contributed by atoms with van der Waals surface area (Å²) in [5, 5.41) is 0.330. The molecule has 2 unspecified atom stereocenters. The third kappa shape index (κ3) is 4.30. The fourth-order valence-corrected chi connectivity index (χ4v) is 1.98. The molecule has 0 N–H and O–H groups in total. The Morgan fingerprint density at radius 3 is 3.00 bits per heavy atom. The summed E-state index contributed by atoms with van der Waals surface area (Å²) in [5.74, 6) is 0.562. The Hall–Kier alpha value is 0.210. The van der Waals surface area contributed by atoms with Gasteiger partial charge in [0.15, 0.2) is 0 Å². The molecule has 1 saturated heterocycles. The molecule has 1 rings (SSSR count). The SMILES string of the molecule is COCCCCC1COCCC1Cl. The number of unbranched alkanes of at least 4 members (excludes halogenated alkanes) is 1. The lowest BCUT2D eigenvalue weighted by molar-refractivity contribution is 0.0527. The van der Waals surface area contributed by atoms with Crippen molar-refractivity contribution in [1.29, 1.82) is 0 Å². The van der Waals surface area contributed by atoms with Crippen molar-refractivity contribution in [2.24, 2.45) is 5.92 Å². The molecule has 0 spiro atoms. The Balaban J connectivity index is 2.05. The fraction of sp³-hybridized carbons (Fsp3) is 1.00. The predicted molar refractivity (Wildman–Crippen MR) is 54.3 cm³/mol. The zero-order valence-corrected chi connectivity index (χ0v) is 9.05. The smallest absolute Gasteiger partial charge is 0.0508 e. The van der Waals surface area contributed by atoms with E-state index < -0.39 is 0 Å². The van der Waals surface area contributed by atoms with Crippen molar-refractivity contribution in [1.82, 2.24) is 0 Å². The van der Waals surface area contributed by atoms with Crippen LogP contribution in [0.3, 0.4) is 0 Å². The van der Waals surface area contributed by atoms with Crippen LogP contribution < -0.4 is 0 Å². The molecule has 0 aromatic rings. The first-order chi connectivity index (χ1) is 6.34. The summed E-state index contributed by atoms with van der Waals surface area (Å²) in [4.78, 5) is 0. The highest BCUT2D eigenvalue weighted by atomic mass is 35.5. The number of ether oxygens (including phenoxy) is 2. The molecule has 0 saturated carbocycles. The molecule has 1 aliphatic rings. The molecular formula is C10H19ClO2. The molecule has 2 nitrogen and oxygen atoms in total. The highest BCUT2D eigenvalue weighted by molar-refractivity contribution is 6.20. The van der Waals surface area contributed by atoms with Crippen LogP contribution in [-0.2, 0) is 9.47 Å².